The quantitative estimate of drug-likeness (QED) is 0.737. The maximum atomic E-state index is 12.3. The Labute approximate surface area is 119 Å². The molecular weight excluding hydrogens is 370 g/mol. The summed E-state index contributed by atoms with van der Waals surface area (Å²) in [6.45, 7) is 2.95. The van der Waals surface area contributed by atoms with Crippen LogP contribution in [0.25, 0.3) is 0 Å². The van der Waals surface area contributed by atoms with Crippen molar-refractivity contribution in [3.05, 3.63) is 29.8 Å². The summed E-state index contributed by atoms with van der Waals surface area (Å²) in [4.78, 5) is 0.704. The molecule has 94 valence electrons. The normalized spacial score (nSPS) is 26.3. The van der Waals surface area contributed by atoms with E-state index in [0.29, 0.717) is 18.0 Å². The maximum Gasteiger partial charge on any atom is 0.243 e. The van der Waals surface area contributed by atoms with Gasteiger partial charge < -0.3 is 0 Å². The van der Waals surface area contributed by atoms with Gasteiger partial charge >= 0.3 is 0 Å². The highest BCUT2D eigenvalue weighted by Crippen LogP contribution is 2.28. The molecule has 0 amide bonds. The number of halogens is 2. The molecule has 0 aliphatic carbocycles. The van der Waals surface area contributed by atoms with Crippen molar-refractivity contribution in [3.63, 3.8) is 0 Å². The highest BCUT2D eigenvalue weighted by atomic mass is 79.9. The molecule has 0 aromatic heterocycles. The molecule has 0 N–H and O–H groups in total. The summed E-state index contributed by atoms with van der Waals surface area (Å²) in [5.41, 5.74) is 1.06. The molecule has 0 bridgehead atoms. The van der Waals surface area contributed by atoms with Gasteiger partial charge in [-0.3, -0.25) is 0 Å². The second-order valence-corrected chi connectivity index (χ2v) is 8.46. The molecule has 1 aliphatic heterocycles. The predicted molar refractivity (Wildman–Crippen MR) is 75.4 cm³/mol. The fraction of sp³-hybridized carbons (Fsp3) is 0.455. The second kappa shape index (κ2) is 4.99. The molecule has 2 rings (SSSR count). The topological polar surface area (TPSA) is 37.4 Å². The fourth-order valence-corrected chi connectivity index (χ4v) is 4.66. The first-order valence-corrected chi connectivity index (χ1v) is 8.53. The van der Waals surface area contributed by atoms with E-state index in [1.165, 1.54) is 4.31 Å². The number of sulfonamides is 1. The van der Waals surface area contributed by atoms with E-state index in [1.54, 1.807) is 12.1 Å². The molecule has 1 aliphatic rings. The zero-order chi connectivity index (χ0) is 12.6. The second-order valence-electron chi connectivity index (χ2n) is 4.17. The van der Waals surface area contributed by atoms with Crippen LogP contribution in [0.15, 0.2) is 29.2 Å². The molecule has 3 nitrogen and oxygen atoms in total. The van der Waals surface area contributed by atoms with Crippen molar-refractivity contribution >= 4 is 41.9 Å². The lowest BCUT2D eigenvalue weighted by molar-refractivity contribution is 0.479. The lowest BCUT2D eigenvalue weighted by atomic mass is 10.2. The Kier molecular flexibility index (Phi) is 3.97. The number of benzene rings is 1. The molecular formula is C11H13Br2NO2S. The van der Waals surface area contributed by atoms with Gasteiger partial charge in [-0.2, -0.15) is 4.31 Å². The van der Waals surface area contributed by atoms with E-state index in [2.05, 4.69) is 31.9 Å². The van der Waals surface area contributed by atoms with Gasteiger partial charge in [-0.1, -0.05) is 49.6 Å². The van der Waals surface area contributed by atoms with Crippen molar-refractivity contribution in [2.45, 2.75) is 21.5 Å². The number of alkyl halides is 2. The summed E-state index contributed by atoms with van der Waals surface area (Å²) in [5.74, 6) is 0. The van der Waals surface area contributed by atoms with E-state index in [9.17, 15) is 8.42 Å². The molecule has 0 radical (unpaired) electrons. The van der Waals surface area contributed by atoms with Crippen LogP contribution in [0.4, 0.5) is 0 Å². The molecule has 0 spiro atoms. The zero-order valence-electron chi connectivity index (χ0n) is 9.31. The molecule has 2 atom stereocenters. The van der Waals surface area contributed by atoms with E-state index < -0.39 is 10.0 Å². The maximum absolute atomic E-state index is 12.3. The Morgan fingerprint density at radius 2 is 1.59 bits per heavy atom. The van der Waals surface area contributed by atoms with Gasteiger partial charge in [0.05, 0.1) is 4.90 Å². The Morgan fingerprint density at radius 3 is 2.06 bits per heavy atom. The van der Waals surface area contributed by atoms with Gasteiger partial charge in [-0.05, 0) is 19.1 Å². The van der Waals surface area contributed by atoms with Crippen LogP contribution in [0.1, 0.15) is 5.56 Å². The van der Waals surface area contributed by atoms with E-state index in [-0.39, 0.29) is 9.65 Å². The minimum absolute atomic E-state index is 0.169. The summed E-state index contributed by atoms with van der Waals surface area (Å²) in [5, 5.41) is 0. The highest BCUT2D eigenvalue weighted by molar-refractivity contribution is 9.12. The Hall–Kier alpha value is 0.0900. The highest BCUT2D eigenvalue weighted by Gasteiger charge is 2.36. The van der Waals surface area contributed by atoms with Gasteiger partial charge in [0.25, 0.3) is 0 Å². The van der Waals surface area contributed by atoms with E-state index in [1.807, 2.05) is 19.1 Å². The summed E-state index contributed by atoms with van der Waals surface area (Å²) < 4.78 is 26.2. The number of aryl methyl sites for hydroxylation is 1. The number of hydrogen-bond donors (Lipinski definition) is 0. The van der Waals surface area contributed by atoms with Crippen molar-refractivity contribution in [1.29, 1.82) is 0 Å². The first kappa shape index (κ1) is 13.5. The molecule has 6 heteroatoms. The summed E-state index contributed by atoms with van der Waals surface area (Å²) >= 11 is 6.94. The fourth-order valence-electron chi connectivity index (χ4n) is 1.75. The van der Waals surface area contributed by atoms with Crippen molar-refractivity contribution in [2.24, 2.45) is 0 Å². The summed E-state index contributed by atoms with van der Waals surface area (Å²) in [6, 6.07) is 6.96. The predicted octanol–water partition coefficient (Wildman–Crippen LogP) is 2.53. The minimum atomic E-state index is -3.35. The third-order valence-electron chi connectivity index (χ3n) is 2.81. The van der Waals surface area contributed by atoms with E-state index >= 15 is 0 Å². The van der Waals surface area contributed by atoms with Crippen LogP contribution >= 0.6 is 31.9 Å². The Balaban J connectivity index is 2.28. The van der Waals surface area contributed by atoms with Crippen LogP contribution in [0.2, 0.25) is 0 Å². The zero-order valence-corrected chi connectivity index (χ0v) is 13.3. The molecule has 1 saturated heterocycles. The third kappa shape index (κ3) is 2.75. The first-order valence-electron chi connectivity index (χ1n) is 5.26. The monoisotopic (exact) mass is 381 g/mol. The molecule has 1 aromatic rings. The van der Waals surface area contributed by atoms with Crippen molar-refractivity contribution in [2.75, 3.05) is 13.1 Å². The standard InChI is InChI=1S/C11H13Br2NO2S/c1-8-2-4-9(5-3-8)17(15,16)14-6-10(12)11(13)7-14/h2-5,10-11H,6-7H2,1H3. The van der Waals surface area contributed by atoms with Gasteiger partial charge in [0.1, 0.15) is 0 Å². The molecule has 17 heavy (non-hydrogen) atoms. The van der Waals surface area contributed by atoms with Crippen LogP contribution in [0.5, 0.6) is 0 Å². The molecule has 1 heterocycles. The van der Waals surface area contributed by atoms with Gasteiger partial charge in [0.15, 0.2) is 0 Å². The average Bonchev–Trinajstić information content (AvgIpc) is 2.60. The van der Waals surface area contributed by atoms with Crippen molar-refractivity contribution < 1.29 is 8.42 Å². The number of nitrogens with zero attached hydrogens (tertiary/aromatic N) is 1. The van der Waals surface area contributed by atoms with E-state index in [0.717, 1.165) is 5.56 Å². The van der Waals surface area contributed by atoms with Crippen molar-refractivity contribution in [1.82, 2.24) is 4.31 Å². The van der Waals surface area contributed by atoms with Crippen LogP contribution < -0.4 is 0 Å². The molecule has 1 aromatic carbocycles. The van der Waals surface area contributed by atoms with Gasteiger partial charge in [0, 0.05) is 22.7 Å². The number of rotatable bonds is 2. The van der Waals surface area contributed by atoms with Gasteiger partial charge in [-0.15, -0.1) is 0 Å². The molecule has 0 saturated carbocycles. The lowest BCUT2D eigenvalue weighted by Gasteiger charge is -2.15. The van der Waals surface area contributed by atoms with Crippen LogP contribution in [-0.2, 0) is 10.0 Å². The number of hydrogen-bond acceptors (Lipinski definition) is 2. The molecule has 1 fully saturated rings. The van der Waals surface area contributed by atoms with Crippen LogP contribution in [0, 0.1) is 6.92 Å². The largest absolute Gasteiger partial charge is 0.243 e. The van der Waals surface area contributed by atoms with Gasteiger partial charge in [-0.25, -0.2) is 8.42 Å². The lowest BCUT2D eigenvalue weighted by Crippen LogP contribution is -2.29. The Morgan fingerprint density at radius 1 is 1.12 bits per heavy atom. The first-order chi connectivity index (χ1) is 7.91. The average molecular weight is 383 g/mol. The summed E-state index contributed by atoms with van der Waals surface area (Å²) in [6.07, 6.45) is 0. The van der Waals surface area contributed by atoms with Crippen LogP contribution in [0.3, 0.4) is 0 Å². The SMILES string of the molecule is Cc1ccc(S(=O)(=O)N2CC(Br)C(Br)C2)cc1. The Bertz CT molecular complexity index is 491. The summed E-state index contributed by atoms with van der Waals surface area (Å²) in [7, 11) is -3.35. The minimum Gasteiger partial charge on any atom is -0.207 e. The van der Waals surface area contributed by atoms with E-state index in [4.69, 9.17) is 0 Å². The van der Waals surface area contributed by atoms with Gasteiger partial charge in [0.2, 0.25) is 10.0 Å². The van der Waals surface area contributed by atoms with Crippen molar-refractivity contribution in [3.8, 4) is 0 Å². The van der Waals surface area contributed by atoms with Crippen LogP contribution in [-0.4, -0.2) is 35.5 Å². The third-order valence-corrected chi connectivity index (χ3v) is 7.22. The smallest absolute Gasteiger partial charge is 0.207 e. The molecule has 2 unspecified atom stereocenters.